The highest BCUT2D eigenvalue weighted by Crippen LogP contribution is 2.48. The maximum Gasteiger partial charge on any atom is 0.128 e. The van der Waals surface area contributed by atoms with Gasteiger partial charge in [-0.25, -0.2) is 4.98 Å². The predicted octanol–water partition coefficient (Wildman–Crippen LogP) is 4.46. The normalized spacial score (nSPS) is 20.2. The summed E-state index contributed by atoms with van der Waals surface area (Å²) in [5, 5.41) is 3.76. The van der Waals surface area contributed by atoms with Gasteiger partial charge in [-0.15, -0.1) is 0 Å². The van der Waals surface area contributed by atoms with Crippen LogP contribution in [0.1, 0.15) is 56.7 Å². The Labute approximate surface area is 156 Å². The summed E-state index contributed by atoms with van der Waals surface area (Å²) in [5.41, 5.74) is 2.59. The van der Waals surface area contributed by atoms with Gasteiger partial charge in [0.05, 0.1) is 0 Å². The molecule has 1 aromatic carbocycles. The van der Waals surface area contributed by atoms with E-state index in [-0.39, 0.29) is 5.60 Å². The van der Waals surface area contributed by atoms with Gasteiger partial charge in [0.25, 0.3) is 0 Å². The van der Waals surface area contributed by atoms with Gasteiger partial charge in [0, 0.05) is 43.9 Å². The van der Waals surface area contributed by atoms with E-state index in [4.69, 9.17) is 4.74 Å². The number of ether oxygens (including phenoxy) is 1. The van der Waals surface area contributed by atoms with Gasteiger partial charge < -0.3 is 15.0 Å². The minimum atomic E-state index is 0.0663. The Kier molecular flexibility index (Phi) is 4.86. The Bertz CT molecular complexity index is 735. The second-order valence-corrected chi connectivity index (χ2v) is 7.51. The fraction of sp³-hybridized carbons (Fsp3) is 0.500. The molecule has 1 aliphatic heterocycles. The highest BCUT2D eigenvalue weighted by atomic mass is 16.5. The van der Waals surface area contributed by atoms with E-state index in [1.807, 2.05) is 6.20 Å². The first-order valence-corrected chi connectivity index (χ1v) is 9.94. The molecule has 26 heavy (non-hydrogen) atoms. The zero-order valence-corrected chi connectivity index (χ0v) is 15.9. The molecule has 0 radical (unpaired) electrons. The molecule has 1 spiro atoms. The van der Waals surface area contributed by atoms with Crippen molar-refractivity contribution in [2.24, 2.45) is 0 Å². The molecule has 4 heteroatoms. The van der Waals surface area contributed by atoms with E-state index in [0.29, 0.717) is 6.04 Å². The van der Waals surface area contributed by atoms with Gasteiger partial charge >= 0.3 is 0 Å². The van der Waals surface area contributed by atoms with Crippen molar-refractivity contribution in [3.63, 3.8) is 0 Å². The van der Waals surface area contributed by atoms with Crippen LogP contribution in [0.2, 0.25) is 0 Å². The smallest absolute Gasteiger partial charge is 0.128 e. The Morgan fingerprint density at radius 3 is 2.62 bits per heavy atom. The van der Waals surface area contributed by atoms with Crippen molar-refractivity contribution in [1.82, 2.24) is 10.3 Å². The lowest BCUT2D eigenvalue weighted by atomic mass is 9.73. The summed E-state index contributed by atoms with van der Waals surface area (Å²) >= 11 is 0. The molecule has 1 unspecified atom stereocenters. The largest absolute Gasteiger partial charge is 0.487 e. The quantitative estimate of drug-likeness (QED) is 0.833. The Morgan fingerprint density at radius 1 is 1.15 bits per heavy atom. The zero-order valence-electron chi connectivity index (χ0n) is 15.9. The van der Waals surface area contributed by atoms with Gasteiger partial charge in [-0.05, 0) is 50.8 Å². The molecule has 4 nitrogen and oxygen atoms in total. The molecule has 1 aliphatic carbocycles. The molecule has 1 N–H and O–H groups in total. The third kappa shape index (κ3) is 3.30. The van der Waals surface area contributed by atoms with E-state index < -0.39 is 0 Å². The summed E-state index contributed by atoms with van der Waals surface area (Å²) in [6.07, 6.45) is 6.71. The van der Waals surface area contributed by atoms with Crippen molar-refractivity contribution in [3.8, 4) is 5.75 Å². The first kappa shape index (κ1) is 17.3. The van der Waals surface area contributed by atoms with Crippen LogP contribution in [-0.2, 0) is 6.54 Å². The average Bonchev–Trinajstić information content (AvgIpc) is 2.66. The lowest BCUT2D eigenvalue weighted by molar-refractivity contribution is -0.0371. The summed E-state index contributed by atoms with van der Waals surface area (Å²) in [6, 6.07) is 13.2. The van der Waals surface area contributed by atoms with Crippen LogP contribution in [0.5, 0.6) is 5.75 Å². The number of pyridine rings is 1. The van der Waals surface area contributed by atoms with Gasteiger partial charge in [-0.3, -0.25) is 0 Å². The molecule has 2 aromatic rings. The van der Waals surface area contributed by atoms with Crippen LogP contribution >= 0.6 is 0 Å². The van der Waals surface area contributed by atoms with Crippen molar-refractivity contribution < 1.29 is 4.74 Å². The first-order valence-electron chi connectivity index (χ1n) is 9.94. The Morgan fingerprint density at radius 2 is 1.96 bits per heavy atom. The number of aromatic nitrogens is 1. The van der Waals surface area contributed by atoms with Crippen molar-refractivity contribution in [1.29, 1.82) is 0 Å². The number of para-hydroxylation sites is 1. The fourth-order valence-corrected chi connectivity index (χ4v) is 4.17. The Balaban J connectivity index is 1.45. The summed E-state index contributed by atoms with van der Waals surface area (Å²) in [4.78, 5) is 6.92. The van der Waals surface area contributed by atoms with Crippen LogP contribution in [0.4, 0.5) is 5.82 Å². The number of fused-ring (bicyclic) bond motifs is 1. The van der Waals surface area contributed by atoms with Crippen molar-refractivity contribution in [2.45, 2.75) is 57.7 Å². The average molecular weight is 351 g/mol. The lowest BCUT2D eigenvalue weighted by Crippen LogP contribution is -2.49. The summed E-state index contributed by atoms with van der Waals surface area (Å²) in [5.74, 6) is 2.12. The fourth-order valence-electron chi connectivity index (χ4n) is 4.17. The number of rotatable bonds is 6. The number of nitrogens with one attached hydrogen (secondary N) is 1. The van der Waals surface area contributed by atoms with E-state index in [1.165, 1.54) is 30.4 Å². The third-order valence-electron chi connectivity index (χ3n) is 5.91. The summed E-state index contributed by atoms with van der Waals surface area (Å²) in [6.45, 7) is 7.14. The van der Waals surface area contributed by atoms with E-state index >= 15 is 0 Å². The van der Waals surface area contributed by atoms with E-state index in [0.717, 1.165) is 37.6 Å². The highest BCUT2D eigenvalue weighted by molar-refractivity contribution is 5.40. The first-order chi connectivity index (χ1) is 12.7. The number of hydrogen-bond donors (Lipinski definition) is 1. The third-order valence-corrected chi connectivity index (χ3v) is 5.91. The van der Waals surface area contributed by atoms with Crippen LogP contribution in [0.3, 0.4) is 0 Å². The molecule has 0 bridgehead atoms. The molecular weight excluding hydrogens is 322 g/mol. The van der Waals surface area contributed by atoms with E-state index in [1.54, 1.807) is 0 Å². The van der Waals surface area contributed by atoms with E-state index in [2.05, 4.69) is 65.4 Å². The maximum absolute atomic E-state index is 6.35. The SMILES string of the molecule is CCN(CC)c1ccc(CNC2CC3(CCC3)Oc3ccccc32)cn1. The maximum atomic E-state index is 6.35. The second-order valence-electron chi connectivity index (χ2n) is 7.51. The molecule has 138 valence electrons. The molecule has 2 aliphatic rings. The van der Waals surface area contributed by atoms with Crippen molar-refractivity contribution >= 4 is 5.82 Å². The Hall–Kier alpha value is -2.07. The molecular formula is C22H29N3O. The molecule has 4 rings (SSSR count). The van der Waals surface area contributed by atoms with Crippen LogP contribution in [0, 0.1) is 0 Å². The molecule has 1 saturated carbocycles. The van der Waals surface area contributed by atoms with Gasteiger partial charge in [-0.2, -0.15) is 0 Å². The minimum absolute atomic E-state index is 0.0663. The molecule has 0 amide bonds. The van der Waals surface area contributed by atoms with Crippen LogP contribution in [-0.4, -0.2) is 23.7 Å². The number of nitrogens with zero attached hydrogens (tertiary/aromatic N) is 2. The number of benzene rings is 1. The second kappa shape index (κ2) is 7.28. The monoisotopic (exact) mass is 351 g/mol. The summed E-state index contributed by atoms with van der Waals surface area (Å²) in [7, 11) is 0. The molecule has 2 heterocycles. The number of anilines is 1. The van der Waals surface area contributed by atoms with Gasteiger partial charge in [-0.1, -0.05) is 24.3 Å². The lowest BCUT2D eigenvalue weighted by Gasteiger charge is -2.48. The highest BCUT2D eigenvalue weighted by Gasteiger charge is 2.45. The summed E-state index contributed by atoms with van der Waals surface area (Å²) < 4.78 is 6.35. The van der Waals surface area contributed by atoms with E-state index in [9.17, 15) is 0 Å². The van der Waals surface area contributed by atoms with Gasteiger partial charge in [0.15, 0.2) is 0 Å². The number of hydrogen-bond acceptors (Lipinski definition) is 4. The van der Waals surface area contributed by atoms with Gasteiger partial charge in [0.2, 0.25) is 0 Å². The molecule has 0 saturated heterocycles. The molecule has 1 atom stereocenters. The topological polar surface area (TPSA) is 37.4 Å². The van der Waals surface area contributed by atoms with Crippen LogP contribution in [0.15, 0.2) is 42.6 Å². The standard InChI is InChI=1S/C22H29N3O/c1-3-25(4-2)21-11-10-17(16-24-21)15-23-19-14-22(12-7-13-22)26-20-9-6-5-8-18(19)20/h5-6,8-11,16,19,23H,3-4,7,12-15H2,1-2H3. The van der Waals surface area contributed by atoms with Crippen LogP contribution < -0.4 is 15.0 Å². The van der Waals surface area contributed by atoms with Crippen LogP contribution in [0.25, 0.3) is 0 Å². The van der Waals surface area contributed by atoms with Gasteiger partial charge in [0.1, 0.15) is 17.2 Å². The van der Waals surface area contributed by atoms with Crippen molar-refractivity contribution in [2.75, 3.05) is 18.0 Å². The predicted molar refractivity (Wildman–Crippen MR) is 106 cm³/mol. The zero-order chi connectivity index (χ0) is 18.0. The van der Waals surface area contributed by atoms with Crippen molar-refractivity contribution in [3.05, 3.63) is 53.7 Å². The minimum Gasteiger partial charge on any atom is -0.487 e. The molecule has 1 fully saturated rings. The molecule has 1 aromatic heterocycles.